The van der Waals surface area contributed by atoms with E-state index in [2.05, 4.69) is 31.0 Å². The third-order valence-electron chi connectivity index (χ3n) is 5.87. The summed E-state index contributed by atoms with van der Waals surface area (Å²) in [4.78, 5) is 2.87. The molecule has 110 valence electrons. The molecular formula is C17H32N2. The second kappa shape index (κ2) is 5.37. The first-order valence-electron chi connectivity index (χ1n) is 8.54. The van der Waals surface area contributed by atoms with Crippen molar-refractivity contribution in [1.29, 1.82) is 0 Å². The summed E-state index contributed by atoms with van der Waals surface area (Å²) < 4.78 is 0. The van der Waals surface area contributed by atoms with E-state index < -0.39 is 0 Å². The van der Waals surface area contributed by atoms with Crippen LogP contribution in [-0.4, -0.2) is 36.1 Å². The summed E-state index contributed by atoms with van der Waals surface area (Å²) >= 11 is 0. The molecule has 2 saturated heterocycles. The molecule has 0 aromatic heterocycles. The number of rotatable bonds is 1. The molecule has 0 aromatic carbocycles. The lowest BCUT2D eigenvalue weighted by Crippen LogP contribution is -2.49. The fourth-order valence-corrected chi connectivity index (χ4v) is 4.83. The van der Waals surface area contributed by atoms with Crippen molar-refractivity contribution in [2.24, 2.45) is 11.3 Å². The van der Waals surface area contributed by atoms with Crippen LogP contribution in [0.1, 0.15) is 65.7 Å². The van der Waals surface area contributed by atoms with Crippen molar-refractivity contribution in [3.8, 4) is 0 Å². The third kappa shape index (κ3) is 3.00. The van der Waals surface area contributed by atoms with Crippen LogP contribution in [0, 0.1) is 11.3 Å². The van der Waals surface area contributed by atoms with Gasteiger partial charge in [0.05, 0.1) is 0 Å². The highest BCUT2D eigenvalue weighted by Gasteiger charge is 2.39. The van der Waals surface area contributed by atoms with E-state index in [1.54, 1.807) is 0 Å². The maximum absolute atomic E-state index is 3.83. The average molecular weight is 264 g/mol. The van der Waals surface area contributed by atoms with Crippen LogP contribution in [0.3, 0.4) is 0 Å². The first-order chi connectivity index (χ1) is 9.04. The fourth-order valence-electron chi connectivity index (χ4n) is 4.83. The smallest absolute Gasteiger partial charge is 0.0198 e. The van der Waals surface area contributed by atoms with Crippen LogP contribution in [-0.2, 0) is 0 Å². The lowest BCUT2D eigenvalue weighted by Gasteiger charge is -2.46. The summed E-state index contributed by atoms with van der Waals surface area (Å²) in [6.07, 6.45) is 10.0. The van der Waals surface area contributed by atoms with Gasteiger partial charge in [0, 0.05) is 24.7 Å². The van der Waals surface area contributed by atoms with Gasteiger partial charge in [0.15, 0.2) is 0 Å². The predicted octanol–water partition coefficient (Wildman–Crippen LogP) is 3.42. The Morgan fingerprint density at radius 1 is 0.895 bits per heavy atom. The lowest BCUT2D eigenvalue weighted by atomic mass is 9.69. The topological polar surface area (TPSA) is 15.3 Å². The first-order valence-corrected chi connectivity index (χ1v) is 8.54. The van der Waals surface area contributed by atoms with Crippen molar-refractivity contribution in [1.82, 2.24) is 10.2 Å². The van der Waals surface area contributed by atoms with Gasteiger partial charge in [-0.25, -0.2) is 0 Å². The second-order valence-corrected chi connectivity index (χ2v) is 8.25. The minimum absolute atomic E-state index is 0.476. The molecule has 2 nitrogen and oxygen atoms in total. The summed E-state index contributed by atoms with van der Waals surface area (Å²) in [5, 5.41) is 3.83. The maximum Gasteiger partial charge on any atom is 0.0198 e. The minimum Gasteiger partial charge on any atom is -0.310 e. The van der Waals surface area contributed by atoms with Gasteiger partial charge in [0.1, 0.15) is 0 Å². The van der Waals surface area contributed by atoms with Crippen LogP contribution in [0.15, 0.2) is 0 Å². The molecule has 0 spiro atoms. The highest BCUT2D eigenvalue weighted by atomic mass is 15.2. The molecule has 19 heavy (non-hydrogen) atoms. The maximum atomic E-state index is 3.83. The van der Waals surface area contributed by atoms with Gasteiger partial charge < -0.3 is 5.32 Å². The van der Waals surface area contributed by atoms with Crippen molar-refractivity contribution in [2.45, 2.75) is 83.8 Å². The molecule has 1 aliphatic carbocycles. The van der Waals surface area contributed by atoms with Crippen LogP contribution in [0.2, 0.25) is 0 Å². The Balaban J connectivity index is 1.71. The molecule has 2 heteroatoms. The normalized spacial score (nSPS) is 41.2. The standard InChI is InChI=1S/C17H32N2/c1-17(2,3)15-6-4-5-7-16(15)19-11-10-13-8-9-14(12-19)18-13/h13-16,18H,4-12H2,1-3H3. The molecular weight excluding hydrogens is 232 g/mol. The van der Waals surface area contributed by atoms with Gasteiger partial charge >= 0.3 is 0 Å². The van der Waals surface area contributed by atoms with E-state index in [0.29, 0.717) is 5.41 Å². The predicted molar refractivity (Wildman–Crippen MR) is 81.3 cm³/mol. The zero-order valence-electron chi connectivity index (χ0n) is 13.1. The largest absolute Gasteiger partial charge is 0.310 e. The van der Waals surface area contributed by atoms with Crippen molar-refractivity contribution in [3.63, 3.8) is 0 Å². The second-order valence-electron chi connectivity index (χ2n) is 8.25. The Hall–Kier alpha value is -0.0800. The van der Waals surface area contributed by atoms with E-state index in [0.717, 1.165) is 24.0 Å². The molecule has 2 bridgehead atoms. The first kappa shape index (κ1) is 13.9. The van der Waals surface area contributed by atoms with Crippen LogP contribution in [0.25, 0.3) is 0 Å². The van der Waals surface area contributed by atoms with Crippen molar-refractivity contribution < 1.29 is 0 Å². The van der Waals surface area contributed by atoms with Gasteiger partial charge in [-0.1, -0.05) is 33.6 Å². The Kier molecular flexibility index (Phi) is 3.92. The van der Waals surface area contributed by atoms with Crippen LogP contribution in [0.5, 0.6) is 0 Å². The SMILES string of the molecule is CC(C)(C)C1CCCCC1N1CCC2CCC(C1)N2. The van der Waals surface area contributed by atoms with E-state index >= 15 is 0 Å². The van der Waals surface area contributed by atoms with Gasteiger partial charge in [0.25, 0.3) is 0 Å². The Labute approximate surface area is 119 Å². The molecule has 1 N–H and O–H groups in total. The summed E-state index contributed by atoms with van der Waals surface area (Å²) in [7, 11) is 0. The summed E-state index contributed by atoms with van der Waals surface area (Å²) in [6.45, 7) is 10.0. The third-order valence-corrected chi connectivity index (χ3v) is 5.87. The van der Waals surface area contributed by atoms with Crippen LogP contribution < -0.4 is 5.32 Å². The van der Waals surface area contributed by atoms with Gasteiger partial charge in [0.2, 0.25) is 0 Å². The molecule has 4 atom stereocenters. The Morgan fingerprint density at radius 3 is 2.42 bits per heavy atom. The van der Waals surface area contributed by atoms with Crippen molar-refractivity contribution in [3.05, 3.63) is 0 Å². The molecule has 3 fully saturated rings. The Bertz CT molecular complexity index is 307. The van der Waals surface area contributed by atoms with Gasteiger partial charge in [-0.2, -0.15) is 0 Å². The molecule has 0 amide bonds. The molecule has 2 heterocycles. The molecule has 2 aliphatic heterocycles. The van der Waals surface area contributed by atoms with E-state index in [1.165, 1.54) is 58.0 Å². The number of nitrogens with zero attached hydrogens (tertiary/aromatic N) is 1. The lowest BCUT2D eigenvalue weighted by molar-refractivity contribution is 0.0387. The minimum atomic E-state index is 0.476. The summed E-state index contributed by atoms with van der Waals surface area (Å²) in [6, 6.07) is 2.47. The highest BCUT2D eigenvalue weighted by molar-refractivity contribution is 4.95. The van der Waals surface area contributed by atoms with Gasteiger partial charge in [-0.3, -0.25) is 4.90 Å². The Morgan fingerprint density at radius 2 is 1.63 bits per heavy atom. The monoisotopic (exact) mass is 264 g/mol. The summed E-state index contributed by atoms with van der Waals surface area (Å²) in [5.41, 5.74) is 0.476. The molecule has 1 saturated carbocycles. The molecule has 3 aliphatic rings. The van der Waals surface area contributed by atoms with Crippen molar-refractivity contribution >= 4 is 0 Å². The van der Waals surface area contributed by atoms with Crippen LogP contribution in [0.4, 0.5) is 0 Å². The zero-order chi connectivity index (χ0) is 13.5. The van der Waals surface area contributed by atoms with Crippen LogP contribution >= 0.6 is 0 Å². The highest BCUT2D eigenvalue weighted by Crippen LogP contribution is 2.41. The molecule has 3 rings (SSSR count). The molecule has 4 unspecified atom stereocenters. The number of fused-ring (bicyclic) bond motifs is 2. The zero-order valence-corrected chi connectivity index (χ0v) is 13.1. The number of nitrogens with one attached hydrogen (secondary N) is 1. The molecule has 0 radical (unpaired) electrons. The summed E-state index contributed by atoms with van der Waals surface area (Å²) in [5.74, 6) is 0.901. The number of hydrogen-bond donors (Lipinski definition) is 1. The van der Waals surface area contributed by atoms with E-state index in [9.17, 15) is 0 Å². The quantitative estimate of drug-likeness (QED) is 0.781. The van der Waals surface area contributed by atoms with Gasteiger partial charge in [-0.15, -0.1) is 0 Å². The fraction of sp³-hybridized carbons (Fsp3) is 1.00. The van der Waals surface area contributed by atoms with E-state index in [1.807, 2.05) is 0 Å². The van der Waals surface area contributed by atoms with E-state index in [4.69, 9.17) is 0 Å². The van der Waals surface area contributed by atoms with Gasteiger partial charge in [-0.05, 0) is 50.0 Å². The average Bonchev–Trinajstić information content (AvgIpc) is 2.68. The number of hydrogen-bond acceptors (Lipinski definition) is 2. The number of likely N-dealkylation sites (tertiary alicyclic amines) is 1. The van der Waals surface area contributed by atoms with Crippen molar-refractivity contribution in [2.75, 3.05) is 13.1 Å². The molecule has 0 aromatic rings. The van der Waals surface area contributed by atoms with E-state index in [-0.39, 0.29) is 0 Å².